The van der Waals surface area contributed by atoms with Gasteiger partial charge in [0, 0.05) is 17.5 Å². The third-order valence-corrected chi connectivity index (χ3v) is 3.72. The zero-order valence-corrected chi connectivity index (χ0v) is 10.7. The van der Waals surface area contributed by atoms with Gasteiger partial charge < -0.3 is 5.32 Å². The number of benzene rings is 1. The number of hydrogen-bond donors (Lipinski definition) is 1. The zero-order valence-electron chi connectivity index (χ0n) is 9.90. The summed E-state index contributed by atoms with van der Waals surface area (Å²) < 4.78 is 12.8. The molecule has 2 aromatic rings. The van der Waals surface area contributed by atoms with Gasteiger partial charge in [-0.05, 0) is 31.5 Å². The van der Waals surface area contributed by atoms with Gasteiger partial charge in [0.1, 0.15) is 5.82 Å². The summed E-state index contributed by atoms with van der Waals surface area (Å²) in [7, 11) is 0. The van der Waals surface area contributed by atoms with Crippen LogP contribution < -0.4 is 5.32 Å². The van der Waals surface area contributed by atoms with E-state index in [2.05, 4.69) is 17.2 Å². The highest BCUT2D eigenvalue weighted by Gasteiger charge is 2.07. The molecule has 0 saturated carbocycles. The molecule has 1 heterocycles. The number of aryl methyl sites for hydroxylation is 1. The van der Waals surface area contributed by atoms with Crippen LogP contribution in [0.25, 0.3) is 0 Å². The summed E-state index contributed by atoms with van der Waals surface area (Å²) in [5.41, 5.74) is 4.02. The standard InChI is InChI=1S/C13H15FN2S/c1-9(11-3-5-12(14)6-4-11)15-7-13-10(2)16-8-17-13/h3-6,8-9,15H,7H2,1-2H3. The van der Waals surface area contributed by atoms with Gasteiger partial charge in [0.2, 0.25) is 0 Å². The summed E-state index contributed by atoms with van der Waals surface area (Å²) in [6.07, 6.45) is 0. The van der Waals surface area contributed by atoms with Crippen LogP contribution in [0.2, 0.25) is 0 Å². The fourth-order valence-electron chi connectivity index (χ4n) is 1.61. The fraction of sp³-hybridized carbons (Fsp3) is 0.308. The molecule has 0 saturated heterocycles. The van der Waals surface area contributed by atoms with Crippen LogP contribution in [0.1, 0.15) is 29.1 Å². The van der Waals surface area contributed by atoms with Crippen LogP contribution in [0.15, 0.2) is 29.8 Å². The van der Waals surface area contributed by atoms with Gasteiger partial charge in [0.05, 0.1) is 11.2 Å². The predicted octanol–water partition coefficient (Wildman–Crippen LogP) is 3.44. The van der Waals surface area contributed by atoms with E-state index < -0.39 is 0 Å². The first-order valence-corrected chi connectivity index (χ1v) is 6.42. The van der Waals surface area contributed by atoms with Gasteiger partial charge in [-0.15, -0.1) is 11.3 Å². The average molecular weight is 250 g/mol. The van der Waals surface area contributed by atoms with Gasteiger partial charge in [-0.3, -0.25) is 0 Å². The van der Waals surface area contributed by atoms with E-state index in [1.165, 1.54) is 17.0 Å². The molecule has 0 spiro atoms. The second-order valence-corrected chi connectivity index (χ2v) is 4.95. The molecule has 4 heteroatoms. The highest BCUT2D eigenvalue weighted by Crippen LogP contribution is 2.16. The number of halogens is 1. The molecule has 17 heavy (non-hydrogen) atoms. The van der Waals surface area contributed by atoms with Crippen LogP contribution in [-0.2, 0) is 6.54 Å². The smallest absolute Gasteiger partial charge is 0.123 e. The van der Waals surface area contributed by atoms with Crippen LogP contribution in [0.4, 0.5) is 4.39 Å². The molecule has 0 aliphatic rings. The lowest BCUT2D eigenvalue weighted by Crippen LogP contribution is -2.17. The van der Waals surface area contributed by atoms with Crippen molar-refractivity contribution >= 4 is 11.3 Å². The Bertz CT molecular complexity index is 478. The van der Waals surface area contributed by atoms with E-state index in [0.717, 1.165) is 17.8 Å². The molecule has 1 atom stereocenters. The Kier molecular flexibility index (Phi) is 3.86. The third kappa shape index (κ3) is 3.11. The lowest BCUT2D eigenvalue weighted by Gasteiger charge is -2.13. The number of aromatic nitrogens is 1. The molecule has 0 aliphatic heterocycles. The Balaban J connectivity index is 1.95. The maximum atomic E-state index is 12.8. The van der Waals surface area contributed by atoms with E-state index in [0.29, 0.717) is 0 Å². The molecule has 0 aliphatic carbocycles. The largest absolute Gasteiger partial charge is 0.305 e. The molecular formula is C13H15FN2S. The molecule has 2 nitrogen and oxygen atoms in total. The highest BCUT2D eigenvalue weighted by atomic mass is 32.1. The van der Waals surface area contributed by atoms with E-state index >= 15 is 0 Å². The van der Waals surface area contributed by atoms with Crippen molar-refractivity contribution in [3.05, 3.63) is 51.7 Å². The quantitative estimate of drug-likeness (QED) is 0.899. The van der Waals surface area contributed by atoms with Crippen LogP contribution in [0.3, 0.4) is 0 Å². The Labute approximate surface area is 105 Å². The molecular weight excluding hydrogens is 235 g/mol. The van der Waals surface area contributed by atoms with Crippen molar-refractivity contribution in [2.75, 3.05) is 0 Å². The summed E-state index contributed by atoms with van der Waals surface area (Å²) in [5, 5.41) is 3.41. The molecule has 1 aromatic heterocycles. The van der Waals surface area contributed by atoms with Gasteiger partial charge in [-0.2, -0.15) is 0 Å². The van der Waals surface area contributed by atoms with Crippen LogP contribution in [0, 0.1) is 12.7 Å². The summed E-state index contributed by atoms with van der Waals surface area (Å²) in [6.45, 7) is 4.88. The average Bonchev–Trinajstić information content (AvgIpc) is 2.73. The van der Waals surface area contributed by atoms with Crippen molar-refractivity contribution in [3.8, 4) is 0 Å². The van der Waals surface area contributed by atoms with Gasteiger partial charge in [-0.1, -0.05) is 12.1 Å². The van der Waals surface area contributed by atoms with Gasteiger partial charge in [0.25, 0.3) is 0 Å². The van der Waals surface area contributed by atoms with Gasteiger partial charge in [0.15, 0.2) is 0 Å². The summed E-state index contributed by atoms with van der Waals surface area (Å²) in [4.78, 5) is 5.46. The van der Waals surface area contributed by atoms with Crippen molar-refractivity contribution in [1.82, 2.24) is 10.3 Å². The normalized spacial score (nSPS) is 12.6. The van der Waals surface area contributed by atoms with Gasteiger partial charge in [-0.25, -0.2) is 9.37 Å². The first kappa shape index (κ1) is 12.2. The molecule has 1 aromatic carbocycles. The molecule has 0 bridgehead atoms. The number of hydrogen-bond acceptors (Lipinski definition) is 3. The van der Waals surface area contributed by atoms with Crippen LogP contribution in [0.5, 0.6) is 0 Å². The van der Waals surface area contributed by atoms with Crippen molar-refractivity contribution in [1.29, 1.82) is 0 Å². The fourth-order valence-corrected chi connectivity index (χ4v) is 2.34. The van der Waals surface area contributed by atoms with Crippen LogP contribution >= 0.6 is 11.3 Å². The lowest BCUT2D eigenvalue weighted by atomic mass is 10.1. The zero-order chi connectivity index (χ0) is 12.3. The Morgan fingerprint density at radius 2 is 2.06 bits per heavy atom. The van der Waals surface area contributed by atoms with Crippen molar-refractivity contribution in [2.24, 2.45) is 0 Å². The topological polar surface area (TPSA) is 24.9 Å². The number of rotatable bonds is 4. The first-order chi connectivity index (χ1) is 8.16. The van der Waals surface area contributed by atoms with E-state index in [4.69, 9.17) is 0 Å². The van der Waals surface area contributed by atoms with E-state index in [1.54, 1.807) is 11.3 Å². The molecule has 0 fully saturated rings. The lowest BCUT2D eigenvalue weighted by molar-refractivity contribution is 0.573. The number of nitrogens with one attached hydrogen (secondary N) is 1. The van der Waals surface area contributed by atoms with E-state index in [1.807, 2.05) is 24.6 Å². The Morgan fingerprint density at radius 1 is 1.35 bits per heavy atom. The molecule has 1 N–H and O–H groups in total. The van der Waals surface area contributed by atoms with E-state index in [-0.39, 0.29) is 11.9 Å². The SMILES string of the molecule is Cc1ncsc1CNC(C)c1ccc(F)cc1. The Hall–Kier alpha value is -1.26. The molecule has 0 amide bonds. The predicted molar refractivity (Wildman–Crippen MR) is 68.5 cm³/mol. The minimum absolute atomic E-state index is 0.195. The second kappa shape index (κ2) is 5.38. The minimum Gasteiger partial charge on any atom is -0.305 e. The summed E-state index contributed by atoms with van der Waals surface area (Å²) in [5.74, 6) is -0.195. The second-order valence-electron chi connectivity index (χ2n) is 4.02. The highest BCUT2D eigenvalue weighted by molar-refractivity contribution is 7.09. The Morgan fingerprint density at radius 3 is 2.65 bits per heavy atom. The van der Waals surface area contributed by atoms with Gasteiger partial charge >= 0.3 is 0 Å². The molecule has 1 unspecified atom stereocenters. The minimum atomic E-state index is -0.195. The third-order valence-electron chi connectivity index (χ3n) is 2.78. The molecule has 0 radical (unpaired) electrons. The first-order valence-electron chi connectivity index (χ1n) is 5.54. The number of nitrogens with zero attached hydrogens (tertiary/aromatic N) is 1. The maximum absolute atomic E-state index is 12.8. The monoisotopic (exact) mass is 250 g/mol. The van der Waals surface area contributed by atoms with Crippen molar-refractivity contribution in [2.45, 2.75) is 26.4 Å². The maximum Gasteiger partial charge on any atom is 0.123 e. The number of thiazole rings is 1. The molecule has 2 rings (SSSR count). The molecule has 90 valence electrons. The summed E-state index contributed by atoms with van der Waals surface area (Å²) >= 11 is 1.66. The van der Waals surface area contributed by atoms with Crippen LogP contribution in [-0.4, -0.2) is 4.98 Å². The van der Waals surface area contributed by atoms with E-state index in [9.17, 15) is 4.39 Å². The summed E-state index contributed by atoms with van der Waals surface area (Å²) in [6, 6.07) is 6.81. The van der Waals surface area contributed by atoms with Crippen molar-refractivity contribution < 1.29 is 4.39 Å². The van der Waals surface area contributed by atoms with Crippen molar-refractivity contribution in [3.63, 3.8) is 0 Å².